The van der Waals surface area contributed by atoms with Crippen LogP contribution in [0, 0.1) is 7.05 Å². The van der Waals surface area contributed by atoms with Crippen molar-refractivity contribution >= 4 is 5.69 Å². The van der Waals surface area contributed by atoms with Crippen molar-refractivity contribution in [3.63, 3.8) is 0 Å². The van der Waals surface area contributed by atoms with E-state index in [1.807, 2.05) is 18.3 Å². The summed E-state index contributed by atoms with van der Waals surface area (Å²) in [5.74, 6) is 0.931. The molecule has 16 heavy (non-hydrogen) atoms. The highest BCUT2D eigenvalue weighted by Gasteiger charge is 2.20. The first-order valence-electron chi connectivity index (χ1n) is 5.29. The van der Waals surface area contributed by atoms with Crippen LogP contribution in [0.25, 0.3) is 11.1 Å². The van der Waals surface area contributed by atoms with Crippen molar-refractivity contribution in [3.8, 4) is 16.9 Å². The van der Waals surface area contributed by atoms with Gasteiger partial charge in [0.1, 0.15) is 12.3 Å². The maximum atomic E-state index is 5.75. The number of hydrogen-bond acceptors (Lipinski definition) is 2. The van der Waals surface area contributed by atoms with Crippen LogP contribution < -0.4 is 9.64 Å². The Balaban J connectivity index is 2.16. The summed E-state index contributed by atoms with van der Waals surface area (Å²) < 4.78 is 5.75. The Hall–Kier alpha value is -1.81. The normalized spacial score (nSPS) is 18.9. The van der Waals surface area contributed by atoms with Gasteiger partial charge in [-0.2, -0.15) is 5.10 Å². The summed E-state index contributed by atoms with van der Waals surface area (Å²) in [5.41, 5.74) is 3.24. The highest BCUT2D eigenvalue weighted by Crippen LogP contribution is 2.35. The fourth-order valence-electron chi connectivity index (χ4n) is 2.01. The number of nitrogens with one attached hydrogen (secondary N) is 2. The smallest absolute Gasteiger partial charge is 0.185 e. The Morgan fingerprint density at radius 2 is 2.38 bits per heavy atom. The van der Waals surface area contributed by atoms with Crippen molar-refractivity contribution in [2.75, 3.05) is 13.2 Å². The van der Waals surface area contributed by atoms with Crippen molar-refractivity contribution in [3.05, 3.63) is 37.6 Å². The van der Waals surface area contributed by atoms with Crippen molar-refractivity contribution < 1.29 is 9.64 Å². The Morgan fingerprint density at radius 1 is 1.44 bits per heavy atom. The van der Waals surface area contributed by atoms with E-state index in [2.05, 4.69) is 23.3 Å². The molecule has 0 spiro atoms. The third-order valence-electron chi connectivity index (χ3n) is 2.86. The van der Waals surface area contributed by atoms with E-state index < -0.39 is 0 Å². The van der Waals surface area contributed by atoms with E-state index in [0.29, 0.717) is 6.61 Å². The van der Waals surface area contributed by atoms with Crippen molar-refractivity contribution in [1.29, 1.82) is 0 Å². The van der Waals surface area contributed by atoms with Crippen LogP contribution in [-0.2, 0) is 0 Å². The number of aromatic amines is 1. The average molecular weight is 215 g/mol. The molecular formula is C12H13N3O. The van der Waals surface area contributed by atoms with Crippen LogP contribution in [0.15, 0.2) is 30.6 Å². The minimum atomic E-state index is 0.709. The predicted octanol–water partition coefficient (Wildman–Crippen LogP) is 0.777. The molecule has 1 aromatic heterocycles. The lowest BCUT2D eigenvalue weighted by atomic mass is 10.1. The SMILES string of the molecule is [CH2-][NH+]1CCOc2c(-c3cn[nH]c3)cccc21. The Morgan fingerprint density at radius 3 is 3.19 bits per heavy atom. The van der Waals surface area contributed by atoms with Crippen LogP contribution in [0.2, 0.25) is 0 Å². The second kappa shape index (κ2) is 3.64. The van der Waals surface area contributed by atoms with E-state index in [1.165, 1.54) is 0 Å². The highest BCUT2D eigenvalue weighted by molar-refractivity contribution is 5.74. The first kappa shape index (κ1) is 9.42. The molecule has 2 heterocycles. The van der Waals surface area contributed by atoms with Gasteiger partial charge in [0, 0.05) is 23.4 Å². The summed E-state index contributed by atoms with van der Waals surface area (Å²) >= 11 is 0. The largest absolute Gasteiger partial charge is 0.481 e. The average Bonchev–Trinajstić information content (AvgIpc) is 2.82. The van der Waals surface area contributed by atoms with Gasteiger partial charge in [-0.3, -0.25) is 5.10 Å². The molecule has 1 aliphatic heterocycles. The fraction of sp³-hybridized carbons (Fsp3) is 0.167. The van der Waals surface area contributed by atoms with Crippen LogP contribution in [0.1, 0.15) is 0 Å². The van der Waals surface area contributed by atoms with Crippen LogP contribution in [0.3, 0.4) is 0 Å². The van der Waals surface area contributed by atoms with Gasteiger partial charge in [-0.1, -0.05) is 12.1 Å². The number of hydrogen-bond donors (Lipinski definition) is 2. The first-order chi connectivity index (χ1) is 7.86. The third-order valence-corrected chi connectivity index (χ3v) is 2.86. The zero-order chi connectivity index (χ0) is 11.0. The Kier molecular flexibility index (Phi) is 2.15. The van der Waals surface area contributed by atoms with E-state index in [0.717, 1.165) is 34.0 Å². The quantitative estimate of drug-likeness (QED) is 0.690. The molecule has 2 aromatic rings. The number of benzene rings is 1. The summed E-state index contributed by atoms with van der Waals surface area (Å²) in [7, 11) is 4.07. The number of nitrogens with zero attached hydrogens (tertiary/aromatic N) is 1. The minimum absolute atomic E-state index is 0.709. The lowest BCUT2D eigenvalue weighted by molar-refractivity contribution is -0.786. The van der Waals surface area contributed by atoms with Gasteiger partial charge in [-0.25, -0.2) is 0 Å². The van der Waals surface area contributed by atoms with Gasteiger partial charge in [0.25, 0.3) is 0 Å². The second-order valence-electron chi connectivity index (χ2n) is 3.87. The summed E-state index contributed by atoms with van der Waals surface area (Å²) in [5, 5.41) is 6.78. The number of rotatable bonds is 1. The van der Waals surface area contributed by atoms with E-state index in [9.17, 15) is 0 Å². The molecule has 0 radical (unpaired) electrons. The van der Waals surface area contributed by atoms with E-state index in [1.54, 1.807) is 6.20 Å². The maximum absolute atomic E-state index is 5.75. The summed E-state index contributed by atoms with van der Waals surface area (Å²) in [6.07, 6.45) is 3.67. The lowest BCUT2D eigenvalue weighted by Gasteiger charge is -2.28. The number of fused-ring (bicyclic) bond motifs is 1. The standard InChI is InChI=1S/C12H13N3O/c1-15-5-6-16-12-10(3-2-4-11(12)15)9-7-13-14-8-9/h2-4,7-8,15H,1,5-6H2,(H,13,14). The van der Waals surface area contributed by atoms with Crippen molar-refractivity contribution in [2.45, 2.75) is 0 Å². The molecule has 0 bridgehead atoms. The molecule has 1 aliphatic rings. The number of quaternary nitrogens is 1. The number of para-hydroxylation sites is 1. The zero-order valence-electron chi connectivity index (χ0n) is 8.86. The molecule has 82 valence electrons. The van der Waals surface area contributed by atoms with Gasteiger partial charge in [-0.15, -0.1) is 7.05 Å². The zero-order valence-corrected chi connectivity index (χ0v) is 8.86. The Bertz CT molecular complexity index is 493. The van der Waals surface area contributed by atoms with Crippen molar-refractivity contribution in [2.24, 2.45) is 0 Å². The predicted molar refractivity (Wildman–Crippen MR) is 60.4 cm³/mol. The van der Waals surface area contributed by atoms with E-state index >= 15 is 0 Å². The summed E-state index contributed by atoms with van der Waals surface area (Å²) in [6.45, 7) is 1.61. The molecule has 2 N–H and O–H groups in total. The number of aromatic nitrogens is 2. The van der Waals surface area contributed by atoms with E-state index in [-0.39, 0.29) is 0 Å². The van der Waals surface area contributed by atoms with Gasteiger partial charge in [0.05, 0.1) is 12.7 Å². The molecular weight excluding hydrogens is 202 g/mol. The van der Waals surface area contributed by atoms with Crippen LogP contribution >= 0.6 is 0 Å². The number of H-pyrrole nitrogens is 1. The molecule has 4 heteroatoms. The van der Waals surface area contributed by atoms with Crippen LogP contribution in [-0.4, -0.2) is 23.3 Å². The summed E-state index contributed by atoms with van der Waals surface area (Å²) in [6, 6.07) is 6.13. The topological polar surface area (TPSA) is 42.4 Å². The second-order valence-corrected chi connectivity index (χ2v) is 3.87. The van der Waals surface area contributed by atoms with E-state index in [4.69, 9.17) is 4.74 Å². The molecule has 0 saturated carbocycles. The molecule has 0 fully saturated rings. The molecule has 1 unspecified atom stereocenters. The maximum Gasteiger partial charge on any atom is 0.185 e. The van der Waals surface area contributed by atoms with Crippen LogP contribution in [0.4, 0.5) is 5.69 Å². The molecule has 0 amide bonds. The van der Waals surface area contributed by atoms with Gasteiger partial charge in [0.15, 0.2) is 5.75 Å². The number of ether oxygens (including phenoxy) is 1. The first-order valence-corrected chi connectivity index (χ1v) is 5.29. The molecule has 1 aromatic carbocycles. The molecule has 4 nitrogen and oxygen atoms in total. The third kappa shape index (κ3) is 1.39. The Labute approximate surface area is 93.8 Å². The van der Waals surface area contributed by atoms with Gasteiger partial charge in [-0.05, 0) is 0 Å². The van der Waals surface area contributed by atoms with Crippen molar-refractivity contribution in [1.82, 2.24) is 10.2 Å². The molecule has 0 saturated heterocycles. The monoisotopic (exact) mass is 215 g/mol. The fourth-order valence-corrected chi connectivity index (χ4v) is 2.01. The van der Waals surface area contributed by atoms with Gasteiger partial charge in [0.2, 0.25) is 0 Å². The highest BCUT2D eigenvalue weighted by atomic mass is 16.5. The van der Waals surface area contributed by atoms with Gasteiger partial charge >= 0.3 is 0 Å². The van der Waals surface area contributed by atoms with Crippen LogP contribution in [0.5, 0.6) is 5.75 Å². The van der Waals surface area contributed by atoms with Gasteiger partial charge < -0.3 is 9.64 Å². The summed E-state index contributed by atoms with van der Waals surface area (Å²) in [4.78, 5) is 1.14. The lowest BCUT2D eigenvalue weighted by Crippen LogP contribution is -3.03. The molecule has 0 aliphatic carbocycles. The minimum Gasteiger partial charge on any atom is -0.481 e. The molecule has 3 rings (SSSR count). The molecule has 1 atom stereocenters.